The van der Waals surface area contributed by atoms with E-state index in [9.17, 15) is 4.39 Å². The van der Waals surface area contributed by atoms with E-state index in [1.807, 2.05) is 16.9 Å². The van der Waals surface area contributed by atoms with Crippen molar-refractivity contribution >= 4 is 28.3 Å². The Morgan fingerprint density at radius 2 is 2.33 bits per heavy atom. The van der Waals surface area contributed by atoms with Gasteiger partial charge in [0.1, 0.15) is 0 Å². The highest BCUT2D eigenvalue weighted by molar-refractivity contribution is 8.93. The topological polar surface area (TPSA) is 28.8 Å². The van der Waals surface area contributed by atoms with E-state index in [1.165, 1.54) is 11.3 Å². The number of hydrogen-bond donors (Lipinski definition) is 1. The van der Waals surface area contributed by atoms with Crippen LogP contribution in [0.3, 0.4) is 0 Å². The van der Waals surface area contributed by atoms with Gasteiger partial charge in [-0.2, -0.15) is 0 Å². The van der Waals surface area contributed by atoms with Crippen LogP contribution in [-0.2, 0) is 6.54 Å². The molecule has 0 aromatic carbocycles. The zero-order valence-electron chi connectivity index (χ0n) is 6.84. The molecule has 1 aromatic rings. The van der Waals surface area contributed by atoms with Gasteiger partial charge < -0.3 is 4.57 Å². The van der Waals surface area contributed by atoms with E-state index in [2.05, 4.69) is 0 Å². The van der Waals surface area contributed by atoms with Gasteiger partial charge in [0.25, 0.3) is 0 Å². The number of nitrogens with one attached hydrogen (secondary N) is 1. The summed E-state index contributed by atoms with van der Waals surface area (Å²) in [7, 11) is 0. The van der Waals surface area contributed by atoms with Crippen LogP contribution in [-0.4, -0.2) is 11.2 Å². The third-order valence-corrected chi connectivity index (χ3v) is 2.43. The van der Waals surface area contributed by atoms with Crippen molar-refractivity contribution in [2.45, 2.75) is 19.9 Å². The first-order valence-corrected chi connectivity index (χ1v) is 4.39. The van der Waals surface area contributed by atoms with Crippen LogP contribution in [0, 0.1) is 12.3 Å². The van der Waals surface area contributed by atoms with Gasteiger partial charge in [0.05, 0.1) is 6.67 Å². The van der Waals surface area contributed by atoms with Crippen LogP contribution < -0.4 is 4.80 Å². The molecule has 1 rings (SSSR count). The van der Waals surface area contributed by atoms with Crippen LogP contribution in [0.2, 0.25) is 0 Å². The van der Waals surface area contributed by atoms with Gasteiger partial charge in [-0.3, -0.25) is 9.80 Å². The van der Waals surface area contributed by atoms with Gasteiger partial charge in [0, 0.05) is 17.6 Å². The summed E-state index contributed by atoms with van der Waals surface area (Å²) in [5, 5.41) is 9.35. The molecule has 2 nitrogen and oxygen atoms in total. The quantitative estimate of drug-likeness (QED) is 0.858. The van der Waals surface area contributed by atoms with Crippen LogP contribution in [0.25, 0.3) is 0 Å². The Morgan fingerprint density at radius 3 is 2.75 bits per heavy atom. The summed E-state index contributed by atoms with van der Waals surface area (Å²) in [6.07, 6.45) is 0.508. The van der Waals surface area contributed by atoms with Gasteiger partial charge in [0.2, 0.25) is 0 Å². The number of nitrogens with zero attached hydrogens (tertiary/aromatic N) is 1. The Hall–Kier alpha value is -0.160. The molecule has 0 atom stereocenters. The number of thiazole rings is 1. The molecule has 70 valence electrons. The van der Waals surface area contributed by atoms with Gasteiger partial charge in [-0.1, -0.05) is 0 Å². The highest BCUT2D eigenvalue weighted by Crippen LogP contribution is 2.00. The summed E-state index contributed by atoms with van der Waals surface area (Å²) < 4.78 is 13.6. The molecule has 0 saturated carbocycles. The van der Waals surface area contributed by atoms with Gasteiger partial charge >= 0.3 is 0 Å². The van der Waals surface area contributed by atoms with Crippen molar-refractivity contribution in [1.29, 1.82) is 5.41 Å². The van der Waals surface area contributed by atoms with E-state index in [0.717, 1.165) is 5.69 Å². The summed E-state index contributed by atoms with van der Waals surface area (Å²) in [6, 6.07) is 0. The lowest BCUT2D eigenvalue weighted by Gasteiger charge is -2.01. The molecule has 5 heteroatoms. The average molecular weight is 255 g/mol. The smallest absolute Gasteiger partial charge is 0.182 e. The predicted octanol–water partition coefficient (Wildman–Crippen LogP) is 2.27. The van der Waals surface area contributed by atoms with Crippen LogP contribution in [0.5, 0.6) is 0 Å². The second kappa shape index (κ2) is 5.48. The van der Waals surface area contributed by atoms with Gasteiger partial charge in [0.15, 0.2) is 4.80 Å². The fourth-order valence-electron chi connectivity index (χ4n) is 0.924. The lowest BCUT2D eigenvalue weighted by Crippen LogP contribution is -2.14. The third kappa shape index (κ3) is 2.71. The lowest BCUT2D eigenvalue weighted by atomic mass is 10.4. The summed E-state index contributed by atoms with van der Waals surface area (Å²) in [5.74, 6) is 0. The third-order valence-electron chi connectivity index (χ3n) is 1.53. The molecule has 0 unspecified atom stereocenters. The molecule has 0 aliphatic heterocycles. The summed E-state index contributed by atoms with van der Waals surface area (Å²) in [4.78, 5) is 0.510. The van der Waals surface area contributed by atoms with E-state index in [-0.39, 0.29) is 23.7 Å². The Labute approximate surface area is 85.3 Å². The molecule has 0 amide bonds. The van der Waals surface area contributed by atoms with E-state index >= 15 is 0 Å². The standard InChI is InChI=1S/C7H11FN2S.BrH/c1-6-5-11-7(9)10(6)4-2-3-8;/h5,9H,2-4H2,1H3;1H. The molecule has 12 heavy (non-hydrogen) atoms. The molecule has 0 aliphatic carbocycles. The minimum Gasteiger partial charge on any atom is -0.321 e. The number of alkyl halides is 1. The first kappa shape index (κ1) is 11.8. The predicted molar refractivity (Wildman–Crippen MR) is 53.8 cm³/mol. The van der Waals surface area contributed by atoms with Crippen LogP contribution in [0.15, 0.2) is 5.38 Å². The van der Waals surface area contributed by atoms with Crippen molar-refractivity contribution in [3.05, 3.63) is 15.9 Å². The van der Waals surface area contributed by atoms with Crippen molar-refractivity contribution in [3.63, 3.8) is 0 Å². The maximum atomic E-state index is 11.8. The molecular formula is C7H12BrFN2S. The Bertz CT molecular complexity index is 281. The summed E-state index contributed by atoms with van der Waals surface area (Å²) in [6.45, 7) is 2.26. The van der Waals surface area contributed by atoms with E-state index < -0.39 is 0 Å². The van der Waals surface area contributed by atoms with E-state index in [1.54, 1.807) is 0 Å². The molecule has 0 saturated heterocycles. The molecule has 0 fully saturated rings. The molecular weight excluding hydrogens is 243 g/mol. The molecule has 0 bridgehead atoms. The summed E-state index contributed by atoms with van der Waals surface area (Å²) >= 11 is 1.39. The number of aromatic nitrogens is 1. The number of hydrogen-bond acceptors (Lipinski definition) is 2. The highest BCUT2D eigenvalue weighted by atomic mass is 79.9. The van der Waals surface area contributed by atoms with Crippen molar-refractivity contribution in [2.24, 2.45) is 0 Å². The second-order valence-electron chi connectivity index (χ2n) is 2.38. The largest absolute Gasteiger partial charge is 0.321 e. The number of rotatable bonds is 3. The first-order chi connectivity index (χ1) is 5.25. The fourth-order valence-corrected chi connectivity index (χ4v) is 1.70. The molecule has 1 aromatic heterocycles. The highest BCUT2D eigenvalue weighted by Gasteiger charge is 1.97. The molecule has 0 aliphatic rings. The minimum atomic E-state index is -0.304. The second-order valence-corrected chi connectivity index (χ2v) is 3.23. The molecule has 0 spiro atoms. The van der Waals surface area contributed by atoms with Crippen molar-refractivity contribution in [3.8, 4) is 0 Å². The van der Waals surface area contributed by atoms with Gasteiger partial charge in [-0.05, 0) is 13.3 Å². The number of aryl methyl sites for hydroxylation is 1. The van der Waals surface area contributed by atoms with Crippen molar-refractivity contribution < 1.29 is 4.39 Å². The zero-order valence-corrected chi connectivity index (χ0v) is 9.37. The van der Waals surface area contributed by atoms with Crippen molar-refractivity contribution in [1.82, 2.24) is 4.57 Å². The van der Waals surface area contributed by atoms with Crippen LogP contribution in [0.1, 0.15) is 12.1 Å². The van der Waals surface area contributed by atoms with E-state index in [0.29, 0.717) is 17.8 Å². The Balaban J connectivity index is 0.00000121. The normalized spacial score (nSPS) is 9.50. The maximum Gasteiger partial charge on any atom is 0.182 e. The van der Waals surface area contributed by atoms with Gasteiger partial charge in [-0.25, -0.2) is 0 Å². The summed E-state index contributed by atoms with van der Waals surface area (Å²) in [5.41, 5.74) is 1.05. The Kier molecular flexibility index (Phi) is 5.41. The Morgan fingerprint density at radius 1 is 1.67 bits per heavy atom. The van der Waals surface area contributed by atoms with Crippen molar-refractivity contribution in [2.75, 3.05) is 6.67 Å². The SMILES string of the molecule is Br.Cc1csc(=N)n1CCCF. The molecule has 0 radical (unpaired) electrons. The molecule has 1 heterocycles. The van der Waals surface area contributed by atoms with E-state index in [4.69, 9.17) is 5.41 Å². The zero-order chi connectivity index (χ0) is 8.27. The number of halogens is 2. The minimum absolute atomic E-state index is 0. The molecule has 1 N–H and O–H groups in total. The first-order valence-electron chi connectivity index (χ1n) is 3.51. The van der Waals surface area contributed by atoms with Crippen LogP contribution >= 0.6 is 28.3 Å². The van der Waals surface area contributed by atoms with Gasteiger partial charge in [-0.15, -0.1) is 28.3 Å². The monoisotopic (exact) mass is 254 g/mol. The maximum absolute atomic E-state index is 11.8. The average Bonchev–Trinajstić information content (AvgIpc) is 2.29. The fraction of sp³-hybridized carbons (Fsp3) is 0.571. The van der Waals surface area contributed by atoms with Crippen LogP contribution in [0.4, 0.5) is 4.39 Å². The lowest BCUT2D eigenvalue weighted by molar-refractivity contribution is 0.442.